The van der Waals surface area contributed by atoms with Crippen LogP contribution in [0.25, 0.3) is 0 Å². The van der Waals surface area contributed by atoms with Gasteiger partial charge < -0.3 is 0 Å². The Bertz CT molecular complexity index is 1380. The van der Waals surface area contributed by atoms with Gasteiger partial charge in [-0.25, -0.2) is 9.96 Å². The van der Waals surface area contributed by atoms with Gasteiger partial charge in [-0.1, -0.05) is 41.4 Å². The van der Waals surface area contributed by atoms with Crippen molar-refractivity contribution in [1.29, 1.82) is 5.26 Å². The van der Waals surface area contributed by atoms with Gasteiger partial charge in [-0.05, 0) is 68.0 Å². The number of nitrogens with zero attached hydrogens (tertiary/aromatic N) is 3. The van der Waals surface area contributed by atoms with Crippen LogP contribution in [0, 0.1) is 24.2 Å². The smallest absolute Gasteiger partial charge is 0.267 e. The first-order valence-electron chi connectivity index (χ1n) is 11.7. The molecule has 6 nitrogen and oxygen atoms in total. The number of carbonyl (C=O) groups is 2. The van der Waals surface area contributed by atoms with Gasteiger partial charge in [-0.15, -0.1) is 11.3 Å². The topological polar surface area (TPSA) is 73.6 Å². The van der Waals surface area contributed by atoms with Gasteiger partial charge in [0, 0.05) is 9.90 Å². The van der Waals surface area contributed by atoms with Crippen molar-refractivity contribution < 1.29 is 14.4 Å². The van der Waals surface area contributed by atoms with Gasteiger partial charge in [0.15, 0.2) is 6.10 Å². The fraction of sp³-hybridized carbons (Fsp3) is 0.296. The summed E-state index contributed by atoms with van der Waals surface area (Å²) >= 11 is 7.50. The quantitative estimate of drug-likeness (QED) is 0.440. The predicted octanol–water partition coefficient (Wildman–Crippen LogP) is 5.51. The fourth-order valence-electron chi connectivity index (χ4n) is 5.35. The highest BCUT2D eigenvalue weighted by Gasteiger charge is 2.61. The lowest BCUT2D eigenvalue weighted by atomic mass is 9.90. The summed E-state index contributed by atoms with van der Waals surface area (Å²) in [7, 11) is 0. The van der Waals surface area contributed by atoms with Crippen molar-refractivity contribution in [3.05, 3.63) is 80.7 Å². The molecular weight excluding hydrogens is 482 g/mol. The molecule has 2 aliphatic heterocycles. The summed E-state index contributed by atoms with van der Waals surface area (Å²) in [6.07, 6.45) is 2.80. The summed E-state index contributed by atoms with van der Waals surface area (Å²) in [6, 6.07) is 16.8. The first-order chi connectivity index (χ1) is 17.0. The molecule has 0 N–H and O–H groups in total. The number of amides is 2. The van der Waals surface area contributed by atoms with Crippen molar-refractivity contribution in [2.24, 2.45) is 5.92 Å². The molecule has 1 aromatic heterocycles. The number of aryl methyl sites for hydroxylation is 2. The summed E-state index contributed by atoms with van der Waals surface area (Å²) in [5, 5.41) is 12.6. The van der Waals surface area contributed by atoms with E-state index >= 15 is 0 Å². The number of hydrogen-bond acceptors (Lipinski definition) is 6. The standard InChI is InChI=1S/C27H22ClN3O3S/c1-15-6-8-16(9-7-15)23-22-24(34-31(23)18-12-10-17(28)11-13-18)26(33)30(25(22)32)27-20(14-29)19-4-2-3-5-21(19)35-27/h6-13,22-24H,2-5H2,1H3/t22-,23+,24-/m1/s1. The molecule has 0 spiro atoms. The van der Waals surface area contributed by atoms with E-state index in [-0.39, 0.29) is 5.91 Å². The SMILES string of the molecule is Cc1ccc([C@H]2[C@H]3C(=O)N(c4sc5c(c4C#N)CCCC5)C(=O)[C@@H]3ON2c2ccc(Cl)cc2)cc1. The minimum Gasteiger partial charge on any atom is -0.273 e. The van der Waals surface area contributed by atoms with Gasteiger partial charge in [0.05, 0.1) is 17.3 Å². The van der Waals surface area contributed by atoms with Crippen LogP contribution in [0.2, 0.25) is 5.02 Å². The van der Waals surface area contributed by atoms with Crippen molar-refractivity contribution in [3.8, 4) is 6.07 Å². The zero-order valence-electron chi connectivity index (χ0n) is 19.0. The molecule has 2 saturated heterocycles. The molecule has 0 unspecified atom stereocenters. The van der Waals surface area contributed by atoms with Crippen LogP contribution in [0.15, 0.2) is 48.5 Å². The van der Waals surface area contributed by atoms with Crippen molar-refractivity contribution in [2.75, 3.05) is 9.96 Å². The van der Waals surface area contributed by atoms with Gasteiger partial charge in [0.25, 0.3) is 5.91 Å². The van der Waals surface area contributed by atoms with E-state index in [4.69, 9.17) is 16.4 Å². The second-order valence-corrected chi connectivity index (χ2v) is 10.7. The highest BCUT2D eigenvalue weighted by molar-refractivity contribution is 7.17. The minimum absolute atomic E-state index is 0.322. The molecule has 2 aromatic carbocycles. The third-order valence-corrected chi connectivity index (χ3v) is 8.61. The van der Waals surface area contributed by atoms with E-state index in [9.17, 15) is 14.9 Å². The van der Waals surface area contributed by atoms with Crippen molar-refractivity contribution >= 4 is 45.4 Å². The van der Waals surface area contributed by atoms with E-state index in [1.165, 1.54) is 16.2 Å². The van der Waals surface area contributed by atoms with Crippen molar-refractivity contribution in [1.82, 2.24) is 0 Å². The van der Waals surface area contributed by atoms with Gasteiger partial charge in [0.2, 0.25) is 5.91 Å². The Morgan fingerprint density at radius 1 is 1.03 bits per heavy atom. The van der Waals surface area contributed by atoms with Crippen LogP contribution in [-0.2, 0) is 27.3 Å². The zero-order valence-corrected chi connectivity index (χ0v) is 20.6. The maximum atomic E-state index is 13.9. The maximum absolute atomic E-state index is 13.9. The highest BCUT2D eigenvalue weighted by atomic mass is 35.5. The third-order valence-electron chi connectivity index (χ3n) is 7.08. The molecule has 3 heterocycles. The van der Waals surface area contributed by atoms with E-state index in [0.717, 1.165) is 47.3 Å². The first kappa shape index (κ1) is 22.3. The largest absolute Gasteiger partial charge is 0.273 e. The second kappa shape index (κ2) is 8.49. The average Bonchev–Trinajstić information content (AvgIpc) is 3.50. The Morgan fingerprint density at radius 3 is 2.46 bits per heavy atom. The van der Waals surface area contributed by atoms with Gasteiger partial charge in [-0.3, -0.25) is 14.4 Å². The number of hydrogen-bond donors (Lipinski definition) is 0. The molecule has 3 aliphatic rings. The average molecular weight is 504 g/mol. The van der Waals surface area contributed by atoms with Gasteiger partial charge >= 0.3 is 0 Å². The van der Waals surface area contributed by atoms with Crippen LogP contribution in [-0.4, -0.2) is 17.9 Å². The van der Waals surface area contributed by atoms with E-state index in [2.05, 4.69) is 6.07 Å². The summed E-state index contributed by atoms with van der Waals surface area (Å²) in [4.78, 5) is 36.2. The summed E-state index contributed by atoms with van der Waals surface area (Å²) in [5.74, 6) is -1.47. The molecule has 3 aromatic rings. The molecule has 8 heteroatoms. The second-order valence-electron chi connectivity index (χ2n) is 9.22. The van der Waals surface area contributed by atoms with Crippen LogP contribution >= 0.6 is 22.9 Å². The minimum atomic E-state index is -0.963. The van der Waals surface area contributed by atoms with Crippen molar-refractivity contribution in [3.63, 3.8) is 0 Å². The summed E-state index contributed by atoms with van der Waals surface area (Å²) in [5.41, 5.74) is 4.15. The molecule has 1 aliphatic carbocycles. The van der Waals surface area contributed by atoms with Crippen LogP contribution in [0.5, 0.6) is 0 Å². The van der Waals surface area contributed by atoms with Gasteiger partial charge in [0.1, 0.15) is 17.0 Å². The van der Waals surface area contributed by atoms with E-state index in [0.29, 0.717) is 21.3 Å². The van der Waals surface area contributed by atoms with Crippen LogP contribution in [0.3, 0.4) is 0 Å². The summed E-state index contributed by atoms with van der Waals surface area (Å²) < 4.78 is 0. The molecule has 176 valence electrons. The van der Waals surface area contributed by atoms with E-state index < -0.39 is 24.0 Å². The monoisotopic (exact) mass is 503 g/mol. The number of carbonyl (C=O) groups excluding carboxylic acids is 2. The lowest BCUT2D eigenvalue weighted by Gasteiger charge is -2.28. The first-order valence-corrected chi connectivity index (χ1v) is 12.9. The van der Waals surface area contributed by atoms with Crippen LogP contribution < -0.4 is 9.96 Å². The summed E-state index contributed by atoms with van der Waals surface area (Å²) in [6.45, 7) is 2.00. The number of halogens is 1. The Hall–Kier alpha value is -3.18. The number of benzene rings is 2. The molecule has 0 saturated carbocycles. The third kappa shape index (κ3) is 3.48. The number of nitriles is 1. The molecule has 2 fully saturated rings. The fourth-order valence-corrected chi connectivity index (χ4v) is 6.83. The number of fused-ring (bicyclic) bond motifs is 2. The number of rotatable bonds is 3. The Morgan fingerprint density at radius 2 is 1.74 bits per heavy atom. The van der Waals surface area contributed by atoms with E-state index in [1.54, 1.807) is 17.2 Å². The lowest BCUT2D eigenvalue weighted by molar-refractivity contribution is -0.126. The van der Waals surface area contributed by atoms with Gasteiger partial charge in [-0.2, -0.15) is 5.26 Å². The Balaban J connectivity index is 1.44. The Kier molecular flexibility index (Phi) is 5.41. The lowest BCUT2D eigenvalue weighted by Crippen LogP contribution is -2.37. The molecule has 3 atom stereocenters. The molecule has 35 heavy (non-hydrogen) atoms. The maximum Gasteiger partial charge on any atom is 0.267 e. The number of anilines is 2. The van der Waals surface area contributed by atoms with Crippen LogP contribution in [0.4, 0.5) is 10.7 Å². The highest BCUT2D eigenvalue weighted by Crippen LogP contribution is 2.50. The normalized spacial score (nSPS) is 23.4. The zero-order chi connectivity index (χ0) is 24.3. The predicted molar refractivity (Wildman–Crippen MR) is 134 cm³/mol. The molecule has 2 amide bonds. The molecule has 6 rings (SSSR count). The molecular formula is C27H22ClN3O3S. The van der Waals surface area contributed by atoms with Crippen molar-refractivity contribution in [2.45, 2.75) is 44.8 Å². The Labute approximate surface area is 212 Å². The molecule has 0 radical (unpaired) electrons. The molecule has 0 bridgehead atoms. The van der Waals surface area contributed by atoms with E-state index in [1.807, 2.05) is 43.3 Å². The number of hydroxylamine groups is 1. The van der Waals surface area contributed by atoms with Crippen LogP contribution in [0.1, 0.15) is 46.0 Å². The number of imide groups is 1. The number of thiophene rings is 1.